The fraction of sp³-hybridized carbons (Fsp3) is 0.545. The van der Waals surface area contributed by atoms with Crippen molar-refractivity contribution in [3.05, 3.63) is 24.0 Å². The molecule has 1 aromatic rings. The van der Waals surface area contributed by atoms with E-state index in [-0.39, 0.29) is 0 Å². The van der Waals surface area contributed by atoms with Gasteiger partial charge in [-0.05, 0) is 31.5 Å². The molecule has 3 heteroatoms. The van der Waals surface area contributed by atoms with E-state index in [9.17, 15) is 0 Å². The Morgan fingerprint density at radius 3 is 3.29 bits per heavy atom. The van der Waals surface area contributed by atoms with Gasteiger partial charge in [-0.15, -0.1) is 0 Å². The summed E-state index contributed by atoms with van der Waals surface area (Å²) >= 11 is 0. The number of hydrogen-bond acceptors (Lipinski definition) is 3. The molecule has 14 heavy (non-hydrogen) atoms. The van der Waals surface area contributed by atoms with Crippen molar-refractivity contribution in [2.24, 2.45) is 0 Å². The van der Waals surface area contributed by atoms with E-state index in [0.717, 1.165) is 24.4 Å². The van der Waals surface area contributed by atoms with Gasteiger partial charge in [-0.2, -0.15) is 0 Å². The van der Waals surface area contributed by atoms with Crippen LogP contribution >= 0.6 is 0 Å². The Hall–Kier alpha value is -1.09. The minimum Gasteiger partial charge on any atom is -0.486 e. The predicted molar refractivity (Wildman–Crippen MR) is 53.4 cm³/mol. The summed E-state index contributed by atoms with van der Waals surface area (Å²) in [5, 5.41) is 3.48. The minimum atomic E-state index is 0.308. The maximum atomic E-state index is 5.87. The molecule has 0 aliphatic carbocycles. The zero-order chi connectivity index (χ0) is 9.38. The monoisotopic (exact) mass is 190 g/mol. The number of rotatable bonds is 1. The standard InChI is InChI=1S/C11H14N2O/c1-3-8(12-5-1)11-7-9-10(14-11)4-2-6-13-9/h2,4,6,8,11-12H,1,3,5,7H2. The van der Waals surface area contributed by atoms with Crippen LogP contribution < -0.4 is 10.1 Å². The normalized spacial score (nSPS) is 30.0. The molecule has 2 atom stereocenters. The third kappa shape index (κ3) is 1.28. The molecule has 0 spiro atoms. The highest BCUT2D eigenvalue weighted by atomic mass is 16.5. The molecule has 0 amide bonds. The van der Waals surface area contributed by atoms with Gasteiger partial charge in [0, 0.05) is 18.7 Å². The molecule has 1 N–H and O–H groups in total. The summed E-state index contributed by atoms with van der Waals surface area (Å²) in [5.74, 6) is 0.978. The van der Waals surface area contributed by atoms with Gasteiger partial charge in [0.05, 0.1) is 5.69 Å². The van der Waals surface area contributed by atoms with E-state index in [1.807, 2.05) is 18.3 Å². The van der Waals surface area contributed by atoms with Crippen LogP contribution in [0.4, 0.5) is 0 Å². The second-order valence-corrected chi connectivity index (χ2v) is 4.01. The van der Waals surface area contributed by atoms with Crippen molar-refractivity contribution in [1.29, 1.82) is 0 Å². The summed E-state index contributed by atoms with van der Waals surface area (Å²) in [4.78, 5) is 4.33. The van der Waals surface area contributed by atoms with Crippen molar-refractivity contribution in [1.82, 2.24) is 10.3 Å². The smallest absolute Gasteiger partial charge is 0.141 e. The lowest BCUT2D eigenvalue weighted by molar-refractivity contribution is 0.188. The highest BCUT2D eigenvalue weighted by Crippen LogP contribution is 2.29. The van der Waals surface area contributed by atoms with Gasteiger partial charge in [0.15, 0.2) is 0 Å². The van der Waals surface area contributed by atoms with E-state index >= 15 is 0 Å². The van der Waals surface area contributed by atoms with Gasteiger partial charge < -0.3 is 10.1 Å². The maximum absolute atomic E-state index is 5.87. The molecular weight excluding hydrogens is 176 g/mol. The van der Waals surface area contributed by atoms with E-state index in [1.165, 1.54) is 12.8 Å². The Balaban J connectivity index is 1.77. The Kier molecular flexibility index (Phi) is 1.91. The molecule has 0 radical (unpaired) electrons. The van der Waals surface area contributed by atoms with Crippen LogP contribution in [0, 0.1) is 0 Å². The van der Waals surface area contributed by atoms with Crippen LogP contribution in [0.15, 0.2) is 18.3 Å². The third-order valence-electron chi connectivity index (χ3n) is 3.07. The van der Waals surface area contributed by atoms with Crippen molar-refractivity contribution in [2.75, 3.05) is 6.54 Å². The van der Waals surface area contributed by atoms with E-state index in [4.69, 9.17) is 4.74 Å². The molecule has 0 saturated carbocycles. The van der Waals surface area contributed by atoms with Crippen LogP contribution in [0.25, 0.3) is 0 Å². The van der Waals surface area contributed by atoms with Gasteiger partial charge in [-0.1, -0.05) is 0 Å². The molecule has 2 aliphatic heterocycles. The van der Waals surface area contributed by atoms with Crippen molar-refractivity contribution >= 4 is 0 Å². The van der Waals surface area contributed by atoms with Crippen LogP contribution in [0.3, 0.4) is 0 Å². The molecule has 2 unspecified atom stereocenters. The number of nitrogens with one attached hydrogen (secondary N) is 1. The summed E-state index contributed by atoms with van der Waals surface area (Å²) in [6, 6.07) is 4.48. The van der Waals surface area contributed by atoms with E-state index in [0.29, 0.717) is 12.1 Å². The Labute approximate surface area is 83.5 Å². The maximum Gasteiger partial charge on any atom is 0.141 e. The number of nitrogens with zero attached hydrogens (tertiary/aromatic N) is 1. The third-order valence-corrected chi connectivity index (χ3v) is 3.07. The minimum absolute atomic E-state index is 0.308. The van der Waals surface area contributed by atoms with Gasteiger partial charge in [0.25, 0.3) is 0 Å². The number of ether oxygens (including phenoxy) is 1. The molecule has 1 saturated heterocycles. The average Bonchev–Trinajstić information content (AvgIpc) is 2.86. The first-order valence-corrected chi connectivity index (χ1v) is 5.27. The van der Waals surface area contributed by atoms with Crippen molar-refractivity contribution in [2.45, 2.75) is 31.4 Å². The lowest BCUT2D eigenvalue weighted by atomic mass is 10.1. The Bertz CT molecular complexity index is 309. The highest BCUT2D eigenvalue weighted by molar-refractivity contribution is 5.32. The predicted octanol–water partition coefficient (Wildman–Crippen LogP) is 1.14. The molecule has 0 aromatic carbocycles. The molecule has 1 aromatic heterocycles. The molecule has 3 nitrogen and oxygen atoms in total. The first-order chi connectivity index (χ1) is 6.93. The lowest BCUT2D eigenvalue weighted by Gasteiger charge is -2.17. The van der Waals surface area contributed by atoms with Gasteiger partial charge in [0.1, 0.15) is 11.9 Å². The van der Waals surface area contributed by atoms with Crippen molar-refractivity contribution in [3.63, 3.8) is 0 Å². The summed E-state index contributed by atoms with van der Waals surface area (Å²) < 4.78 is 5.87. The van der Waals surface area contributed by atoms with Crippen LogP contribution in [0.5, 0.6) is 5.75 Å². The number of pyridine rings is 1. The number of fused-ring (bicyclic) bond motifs is 1. The second kappa shape index (κ2) is 3.24. The molecule has 3 heterocycles. The van der Waals surface area contributed by atoms with E-state index in [1.54, 1.807) is 0 Å². The molecule has 74 valence electrons. The topological polar surface area (TPSA) is 34.1 Å². The summed E-state index contributed by atoms with van der Waals surface area (Å²) in [5.41, 5.74) is 1.12. The molecule has 2 aliphatic rings. The molecule has 3 rings (SSSR count). The van der Waals surface area contributed by atoms with Gasteiger partial charge >= 0.3 is 0 Å². The summed E-state index contributed by atoms with van der Waals surface area (Å²) in [6.45, 7) is 1.13. The van der Waals surface area contributed by atoms with Gasteiger partial charge in [-0.25, -0.2) is 0 Å². The Morgan fingerprint density at radius 2 is 2.50 bits per heavy atom. The molecule has 0 bridgehead atoms. The zero-order valence-corrected chi connectivity index (χ0v) is 8.07. The quantitative estimate of drug-likeness (QED) is 0.721. The molecule has 1 fully saturated rings. The first-order valence-electron chi connectivity index (χ1n) is 5.27. The largest absolute Gasteiger partial charge is 0.486 e. The summed E-state index contributed by atoms with van der Waals surface area (Å²) in [6.07, 6.45) is 5.62. The second-order valence-electron chi connectivity index (χ2n) is 4.01. The average molecular weight is 190 g/mol. The summed E-state index contributed by atoms with van der Waals surface area (Å²) in [7, 11) is 0. The van der Waals surface area contributed by atoms with Crippen LogP contribution in [0.2, 0.25) is 0 Å². The van der Waals surface area contributed by atoms with E-state index in [2.05, 4.69) is 10.3 Å². The molecular formula is C11H14N2O. The van der Waals surface area contributed by atoms with Crippen LogP contribution in [-0.2, 0) is 6.42 Å². The van der Waals surface area contributed by atoms with Gasteiger partial charge in [-0.3, -0.25) is 4.98 Å². The van der Waals surface area contributed by atoms with Crippen molar-refractivity contribution < 1.29 is 4.74 Å². The SMILES string of the molecule is c1cnc2c(c1)OC(C1CCCN1)C2. The lowest BCUT2D eigenvalue weighted by Crippen LogP contribution is -2.37. The van der Waals surface area contributed by atoms with E-state index < -0.39 is 0 Å². The number of aromatic nitrogens is 1. The highest BCUT2D eigenvalue weighted by Gasteiger charge is 2.32. The van der Waals surface area contributed by atoms with Crippen LogP contribution in [0.1, 0.15) is 18.5 Å². The van der Waals surface area contributed by atoms with Gasteiger partial charge in [0.2, 0.25) is 0 Å². The Morgan fingerprint density at radius 1 is 1.50 bits per heavy atom. The number of hydrogen-bond donors (Lipinski definition) is 1. The van der Waals surface area contributed by atoms with Crippen LogP contribution in [-0.4, -0.2) is 23.7 Å². The fourth-order valence-electron chi connectivity index (χ4n) is 2.33. The van der Waals surface area contributed by atoms with Crippen molar-refractivity contribution in [3.8, 4) is 5.75 Å². The zero-order valence-electron chi connectivity index (χ0n) is 8.07. The first kappa shape index (κ1) is 8.24. The fourth-order valence-corrected chi connectivity index (χ4v) is 2.33.